The fourth-order valence-corrected chi connectivity index (χ4v) is 3.43. The van der Waals surface area contributed by atoms with Gasteiger partial charge in [-0.05, 0) is 51.1 Å². The second kappa shape index (κ2) is 9.10. The molecular formula is C24H23N3O3. The Morgan fingerprint density at radius 1 is 1.10 bits per heavy atom. The molecule has 1 N–H and O–H groups in total. The van der Waals surface area contributed by atoms with Crippen molar-refractivity contribution in [2.24, 2.45) is 5.92 Å². The van der Waals surface area contributed by atoms with Gasteiger partial charge in [0.1, 0.15) is 5.75 Å². The maximum atomic E-state index is 13.1. The summed E-state index contributed by atoms with van der Waals surface area (Å²) in [5.74, 6) is -2.19. The number of aryl methyl sites for hydroxylation is 1. The van der Waals surface area contributed by atoms with Crippen LogP contribution in [-0.4, -0.2) is 22.9 Å². The van der Waals surface area contributed by atoms with E-state index in [1.54, 1.807) is 30.3 Å². The number of amides is 1. The fraction of sp³-hybridized carbons (Fsp3) is 0.208. The SMILES string of the molecule is CCOc1ccccc1NC(=O)C(C#N)C(=O)c1cc(C)n(-c2ccccc2)c1C. The highest BCUT2D eigenvalue weighted by Crippen LogP contribution is 2.26. The standard InChI is InChI=1S/C24H23N3O3/c1-4-30-22-13-9-8-12-21(22)26-24(29)20(15-25)23(28)19-14-16(2)27(17(19)3)18-10-6-5-7-11-18/h5-14,20H,4H2,1-3H3,(H,26,29). The maximum absolute atomic E-state index is 13.1. The molecule has 0 aliphatic carbocycles. The molecule has 1 amide bonds. The minimum absolute atomic E-state index is 0.358. The number of anilines is 1. The Balaban J connectivity index is 1.89. The summed E-state index contributed by atoms with van der Waals surface area (Å²) in [5, 5.41) is 12.2. The topological polar surface area (TPSA) is 84.1 Å². The van der Waals surface area contributed by atoms with Crippen molar-refractivity contribution in [2.75, 3.05) is 11.9 Å². The molecular weight excluding hydrogens is 378 g/mol. The number of rotatable bonds is 7. The lowest BCUT2D eigenvalue weighted by Gasteiger charge is -2.13. The number of hydrogen-bond acceptors (Lipinski definition) is 4. The van der Waals surface area contributed by atoms with Crippen molar-refractivity contribution in [3.8, 4) is 17.5 Å². The molecule has 0 radical (unpaired) electrons. The number of aromatic nitrogens is 1. The van der Waals surface area contributed by atoms with Gasteiger partial charge in [0.15, 0.2) is 11.7 Å². The summed E-state index contributed by atoms with van der Waals surface area (Å²) >= 11 is 0. The van der Waals surface area contributed by atoms with Gasteiger partial charge in [-0.2, -0.15) is 5.26 Å². The zero-order valence-corrected chi connectivity index (χ0v) is 17.2. The molecule has 0 aliphatic rings. The number of nitrogens with one attached hydrogen (secondary N) is 1. The highest BCUT2D eigenvalue weighted by Gasteiger charge is 2.31. The number of hydrogen-bond donors (Lipinski definition) is 1. The highest BCUT2D eigenvalue weighted by molar-refractivity contribution is 6.16. The Kier molecular flexibility index (Phi) is 6.33. The molecule has 2 aromatic carbocycles. The van der Waals surface area contributed by atoms with Crippen LogP contribution in [0.25, 0.3) is 5.69 Å². The second-order valence-corrected chi connectivity index (χ2v) is 6.80. The van der Waals surface area contributed by atoms with E-state index < -0.39 is 17.6 Å². The number of carbonyl (C=O) groups is 2. The molecule has 0 saturated heterocycles. The van der Waals surface area contributed by atoms with E-state index in [9.17, 15) is 14.9 Å². The number of para-hydroxylation sites is 3. The Morgan fingerprint density at radius 2 is 1.77 bits per heavy atom. The molecule has 0 saturated carbocycles. The second-order valence-electron chi connectivity index (χ2n) is 6.80. The molecule has 1 aromatic heterocycles. The Hall–Kier alpha value is -3.85. The van der Waals surface area contributed by atoms with E-state index in [-0.39, 0.29) is 0 Å². The lowest BCUT2D eigenvalue weighted by molar-refractivity contribution is -0.117. The van der Waals surface area contributed by atoms with Gasteiger partial charge < -0.3 is 14.6 Å². The summed E-state index contributed by atoms with van der Waals surface area (Å²) < 4.78 is 7.43. The zero-order valence-electron chi connectivity index (χ0n) is 17.2. The van der Waals surface area contributed by atoms with Gasteiger partial charge in [0, 0.05) is 22.6 Å². The first-order valence-corrected chi connectivity index (χ1v) is 9.68. The molecule has 3 rings (SSSR count). The summed E-state index contributed by atoms with van der Waals surface area (Å²) in [6.45, 7) is 5.96. The number of ether oxygens (including phenoxy) is 1. The van der Waals surface area contributed by atoms with E-state index in [1.165, 1.54) is 0 Å². The first-order valence-electron chi connectivity index (χ1n) is 9.68. The van der Waals surface area contributed by atoms with Crippen molar-refractivity contribution in [1.29, 1.82) is 5.26 Å². The smallest absolute Gasteiger partial charge is 0.249 e. The molecule has 152 valence electrons. The molecule has 1 heterocycles. The van der Waals surface area contributed by atoms with Gasteiger partial charge in [-0.3, -0.25) is 9.59 Å². The zero-order chi connectivity index (χ0) is 21.7. The molecule has 0 fully saturated rings. The first-order chi connectivity index (χ1) is 14.5. The van der Waals surface area contributed by atoms with Gasteiger partial charge in [-0.25, -0.2) is 0 Å². The maximum Gasteiger partial charge on any atom is 0.249 e. The molecule has 6 heteroatoms. The van der Waals surface area contributed by atoms with E-state index in [2.05, 4.69) is 5.32 Å². The van der Waals surface area contributed by atoms with Crippen molar-refractivity contribution in [3.63, 3.8) is 0 Å². The Labute approximate surface area is 175 Å². The third-order valence-electron chi connectivity index (χ3n) is 4.81. The third-order valence-corrected chi connectivity index (χ3v) is 4.81. The number of ketones is 1. The van der Waals surface area contributed by atoms with E-state index in [0.717, 1.165) is 11.4 Å². The molecule has 3 aromatic rings. The van der Waals surface area contributed by atoms with Crippen molar-refractivity contribution < 1.29 is 14.3 Å². The van der Waals surface area contributed by atoms with Gasteiger partial charge in [0.05, 0.1) is 18.4 Å². The highest BCUT2D eigenvalue weighted by atomic mass is 16.5. The lowest BCUT2D eigenvalue weighted by atomic mass is 9.98. The van der Waals surface area contributed by atoms with Crippen LogP contribution in [0.2, 0.25) is 0 Å². The van der Waals surface area contributed by atoms with Crippen LogP contribution < -0.4 is 10.1 Å². The monoisotopic (exact) mass is 401 g/mol. The number of Topliss-reactive ketones (excluding diaryl/α,β-unsaturated/α-hetero) is 1. The fourth-order valence-electron chi connectivity index (χ4n) is 3.43. The van der Waals surface area contributed by atoms with Crippen LogP contribution in [0.1, 0.15) is 28.7 Å². The van der Waals surface area contributed by atoms with Crippen LogP contribution in [0, 0.1) is 31.1 Å². The summed E-state index contributed by atoms with van der Waals surface area (Å²) in [6, 6.07) is 20.1. The summed E-state index contributed by atoms with van der Waals surface area (Å²) in [4.78, 5) is 25.9. The predicted octanol–water partition coefficient (Wildman–Crippen LogP) is 4.45. The van der Waals surface area contributed by atoms with Crippen LogP contribution in [0.5, 0.6) is 5.75 Å². The van der Waals surface area contributed by atoms with Gasteiger partial charge in [0.25, 0.3) is 0 Å². The van der Waals surface area contributed by atoms with E-state index in [1.807, 2.05) is 61.7 Å². The van der Waals surface area contributed by atoms with Crippen LogP contribution in [-0.2, 0) is 4.79 Å². The van der Waals surface area contributed by atoms with Crippen molar-refractivity contribution in [2.45, 2.75) is 20.8 Å². The van der Waals surface area contributed by atoms with Gasteiger partial charge in [-0.1, -0.05) is 30.3 Å². The third kappa shape index (κ3) is 4.11. The Morgan fingerprint density at radius 3 is 2.43 bits per heavy atom. The van der Waals surface area contributed by atoms with Gasteiger partial charge in [0.2, 0.25) is 5.91 Å². The van der Waals surface area contributed by atoms with E-state index >= 15 is 0 Å². The summed E-state index contributed by atoms with van der Waals surface area (Å²) in [5.41, 5.74) is 3.23. The van der Waals surface area contributed by atoms with Crippen LogP contribution in [0.15, 0.2) is 60.7 Å². The quantitative estimate of drug-likeness (QED) is 0.468. The number of carbonyl (C=O) groups excluding carboxylic acids is 2. The van der Waals surface area contributed by atoms with Crippen LogP contribution >= 0.6 is 0 Å². The number of nitriles is 1. The number of benzene rings is 2. The summed E-state index contributed by atoms with van der Waals surface area (Å²) in [7, 11) is 0. The number of nitrogens with zero attached hydrogens (tertiary/aromatic N) is 2. The van der Waals surface area contributed by atoms with Crippen LogP contribution in [0.4, 0.5) is 5.69 Å². The molecule has 30 heavy (non-hydrogen) atoms. The first kappa shape index (κ1) is 20.9. The minimum atomic E-state index is -1.47. The van der Waals surface area contributed by atoms with Crippen molar-refractivity contribution in [1.82, 2.24) is 4.57 Å². The minimum Gasteiger partial charge on any atom is -0.492 e. The molecule has 1 unspecified atom stereocenters. The molecule has 6 nitrogen and oxygen atoms in total. The van der Waals surface area contributed by atoms with Gasteiger partial charge >= 0.3 is 0 Å². The van der Waals surface area contributed by atoms with E-state index in [0.29, 0.717) is 29.3 Å². The lowest BCUT2D eigenvalue weighted by Crippen LogP contribution is -2.29. The molecule has 0 bridgehead atoms. The van der Waals surface area contributed by atoms with Crippen molar-refractivity contribution >= 4 is 17.4 Å². The Bertz CT molecular complexity index is 1110. The normalized spacial score (nSPS) is 11.4. The largest absolute Gasteiger partial charge is 0.492 e. The average Bonchev–Trinajstić information content (AvgIpc) is 3.04. The van der Waals surface area contributed by atoms with Crippen molar-refractivity contribution in [3.05, 3.63) is 77.6 Å². The average molecular weight is 401 g/mol. The predicted molar refractivity (Wildman–Crippen MR) is 115 cm³/mol. The van der Waals surface area contributed by atoms with Crippen LogP contribution in [0.3, 0.4) is 0 Å². The van der Waals surface area contributed by atoms with Gasteiger partial charge in [-0.15, -0.1) is 0 Å². The molecule has 0 spiro atoms. The summed E-state index contributed by atoms with van der Waals surface area (Å²) in [6.07, 6.45) is 0. The van der Waals surface area contributed by atoms with E-state index in [4.69, 9.17) is 4.74 Å². The molecule has 0 aliphatic heterocycles. The molecule has 1 atom stereocenters.